The zero-order valence-corrected chi connectivity index (χ0v) is 19.5. The second-order valence-electron chi connectivity index (χ2n) is 9.33. The maximum atomic E-state index is 12.4. The molecule has 0 spiro atoms. The van der Waals surface area contributed by atoms with E-state index in [0.29, 0.717) is 5.69 Å². The molecular formula is C25H34N4O3. The van der Waals surface area contributed by atoms with Gasteiger partial charge in [-0.15, -0.1) is 0 Å². The van der Waals surface area contributed by atoms with Gasteiger partial charge in [0.15, 0.2) is 0 Å². The molecule has 7 heteroatoms. The molecule has 0 aromatic heterocycles. The first-order chi connectivity index (χ1) is 15.2. The van der Waals surface area contributed by atoms with Gasteiger partial charge in [0.1, 0.15) is 5.60 Å². The Morgan fingerprint density at radius 3 is 1.94 bits per heavy atom. The van der Waals surface area contributed by atoms with E-state index < -0.39 is 11.7 Å². The largest absolute Gasteiger partial charge is 0.444 e. The molecule has 2 aromatic carbocycles. The van der Waals surface area contributed by atoms with Crippen molar-refractivity contribution in [3.05, 3.63) is 59.7 Å². The third-order valence-corrected chi connectivity index (χ3v) is 5.20. The monoisotopic (exact) mass is 438 g/mol. The highest BCUT2D eigenvalue weighted by Gasteiger charge is 2.16. The molecule has 172 valence electrons. The summed E-state index contributed by atoms with van der Waals surface area (Å²) in [5, 5.41) is 5.64. The van der Waals surface area contributed by atoms with Gasteiger partial charge in [-0.1, -0.05) is 24.3 Å². The van der Waals surface area contributed by atoms with Crippen molar-refractivity contribution in [3.8, 4) is 0 Å². The minimum absolute atomic E-state index is 0.0790. The van der Waals surface area contributed by atoms with Gasteiger partial charge in [0.25, 0.3) is 0 Å². The fraction of sp³-hybridized carbons (Fsp3) is 0.440. The molecule has 0 unspecified atom stereocenters. The van der Waals surface area contributed by atoms with Gasteiger partial charge in [-0.25, -0.2) is 4.79 Å². The zero-order valence-electron chi connectivity index (χ0n) is 19.5. The number of likely N-dealkylation sites (N-methyl/N-ethyl adjacent to an activating group) is 1. The number of carbonyl (C=O) groups excluding carboxylic acids is 2. The number of nitrogens with one attached hydrogen (secondary N) is 2. The van der Waals surface area contributed by atoms with Crippen molar-refractivity contribution in [2.75, 3.05) is 43.9 Å². The van der Waals surface area contributed by atoms with Crippen LogP contribution in [0.25, 0.3) is 0 Å². The van der Waals surface area contributed by atoms with Crippen molar-refractivity contribution >= 4 is 23.4 Å². The van der Waals surface area contributed by atoms with Crippen LogP contribution in [0.3, 0.4) is 0 Å². The van der Waals surface area contributed by atoms with Crippen molar-refractivity contribution < 1.29 is 14.3 Å². The van der Waals surface area contributed by atoms with Gasteiger partial charge in [0.2, 0.25) is 5.91 Å². The van der Waals surface area contributed by atoms with E-state index in [1.54, 1.807) is 12.1 Å². The van der Waals surface area contributed by atoms with Crippen molar-refractivity contribution in [2.45, 2.75) is 39.3 Å². The number of benzene rings is 2. The third kappa shape index (κ3) is 7.98. The van der Waals surface area contributed by atoms with Gasteiger partial charge >= 0.3 is 6.09 Å². The lowest BCUT2D eigenvalue weighted by atomic mass is 10.1. The highest BCUT2D eigenvalue weighted by atomic mass is 16.6. The molecule has 1 fully saturated rings. The summed E-state index contributed by atoms with van der Waals surface area (Å²) in [5.41, 5.74) is 2.98. The topological polar surface area (TPSA) is 73.9 Å². The number of rotatable bonds is 6. The van der Waals surface area contributed by atoms with Crippen molar-refractivity contribution in [1.82, 2.24) is 9.80 Å². The first-order valence-electron chi connectivity index (χ1n) is 11.0. The summed E-state index contributed by atoms with van der Waals surface area (Å²) in [4.78, 5) is 29.1. The Kier molecular flexibility index (Phi) is 7.88. The number of hydrogen-bond donors (Lipinski definition) is 2. The lowest BCUT2D eigenvalue weighted by molar-refractivity contribution is -0.115. The summed E-state index contributed by atoms with van der Waals surface area (Å²) < 4.78 is 5.24. The first-order valence-corrected chi connectivity index (χ1v) is 11.0. The highest BCUT2D eigenvalue weighted by Crippen LogP contribution is 2.15. The minimum atomic E-state index is -0.551. The van der Waals surface area contributed by atoms with E-state index in [9.17, 15) is 9.59 Å². The number of hydrogen-bond acceptors (Lipinski definition) is 5. The van der Waals surface area contributed by atoms with Crippen molar-refractivity contribution in [2.24, 2.45) is 0 Å². The summed E-state index contributed by atoms with van der Waals surface area (Å²) in [7, 11) is 2.16. The summed E-state index contributed by atoms with van der Waals surface area (Å²) in [5.74, 6) is -0.0790. The molecule has 0 atom stereocenters. The Balaban J connectivity index is 1.45. The molecule has 2 aromatic rings. The highest BCUT2D eigenvalue weighted by molar-refractivity contribution is 5.92. The Hall–Kier alpha value is -2.90. The molecule has 0 aliphatic carbocycles. The number of anilines is 2. The molecule has 7 nitrogen and oxygen atoms in total. The maximum absolute atomic E-state index is 12.4. The van der Waals surface area contributed by atoms with Crippen LogP contribution in [0.2, 0.25) is 0 Å². The molecule has 32 heavy (non-hydrogen) atoms. The third-order valence-electron chi connectivity index (χ3n) is 5.20. The maximum Gasteiger partial charge on any atom is 0.412 e. The molecular weight excluding hydrogens is 404 g/mol. The molecule has 1 aliphatic heterocycles. The molecule has 0 bridgehead atoms. The average Bonchev–Trinajstić information content (AvgIpc) is 2.71. The van der Waals surface area contributed by atoms with Crippen LogP contribution in [0, 0.1) is 0 Å². The van der Waals surface area contributed by atoms with Crippen LogP contribution in [-0.2, 0) is 22.5 Å². The normalized spacial score (nSPS) is 15.2. The quantitative estimate of drug-likeness (QED) is 0.714. The van der Waals surface area contributed by atoms with Gasteiger partial charge in [0, 0.05) is 44.1 Å². The van der Waals surface area contributed by atoms with Crippen LogP contribution in [0.1, 0.15) is 31.9 Å². The molecule has 3 rings (SSSR count). The van der Waals surface area contributed by atoms with E-state index in [0.717, 1.165) is 44.0 Å². The van der Waals surface area contributed by atoms with Crippen LogP contribution in [-0.4, -0.2) is 60.6 Å². The second-order valence-corrected chi connectivity index (χ2v) is 9.33. The summed E-state index contributed by atoms with van der Waals surface area (Å²) >= 11 is 0. The predicted molar refractivity (Wildman–Crippen MR) is 128 cm³/mol. The minimum Gasteiger partial charge on any atom is -0.444 e. The number of carbonyl (C=O) groups is 2. The van der Waals surface area contributed by atoms with Gasteiger partial charge < -0.3 is 15.0 Å². The van der Waals surface area contributed by atoms with Crippen molar-refractivity contribution in [3.63, 3.8) is 0 Å². The number of ether oxygens (including phenoxy) is 1. The fourth-order valence-corrected chi connectivity index (χ4v) is 3.48. The lowest BCUT2D eigenvalue weighted by Gasteiger charge is -2.32. The van der Waals surface area contributed by atoms with E-state index in [2.05, 4.69) is 39.6 Å². The molecule has 0 saturated carbocycles. The molecule has 1 aliphatic rings. The van der Waals surface area contributed by atoms with Crippen molar-refractivity contribution in [1.29, 1.82) is 0 Å². The Morgan fingerprint density at radius 1 is 0.844 bits per heavy atom. The lowest BCUT2D eigenvalue weighted by Crippen LogP contribution is -2.43. The van der Waals surface area contributed by atoms with Crippen LogP contribution in [0.4, 0.5) is 16.2 Å². The van der Waals surface area contributed by atoms with Crippen LogP contribution < -0.4 is 10.6 Å². The van der Waals surface area contributed by atoms with Gasteiger partial charge in [-0.05, 0) is 63.2 Å². The van der Waals surface area contributed by atoms with Gasteiger partial charge in [-0.2, -0.15) is 0 Å². The molecule has 2 N–H and O–H groups in total. The summed E-state index contributed by atoms with van der Waals surface area (Å²) in [6.45, 7) is 10.8. The Labute approximate surface area is 190 Å². The van der Waals surface area contributed by atoms with Crippen LogP contribution in [0.15, 0.2) is 48.5 Å². The zero-order chi connectivity index (χ0) is 23.1. The molecule has 1 heterocycles. The molecule has 1 saturated heterocycles. The summed E-state index contributed by atoms with van der Waals surface area (Å²) in [6.07, 6.45) is -0.241. The SMILES string of the molecule is CN1CCN(Cc2ccc(NC(=O)Cc3ccc(NC(=O)OC(C)(C)C)cc3)cc2)CC1. The molecule has 0 radical (unpaired) electrons. The van der Waals surface area contributed by atoms with Crippen LogP contribution in [0.5, 0.6) is 0 Å². The smallest absolute Gasteiger partial charge is 0.412 e. The molecule has 2 amide bonds. The van der Waals surface area contributed by atoms with E-state index in [-0.39, 0.29) is 12.3 Å². The second kappa shape index (κ2) is 10.6. The van der Waals surface area contributed by atoms with E-state index >= 15 is 0 Å². The number of nitrogens with zero attached hydrogens (tertiary/aromatic N) is 2. The predicted octanol–water partition coefficient (Wildman–Crippen LogP) is 3.96. The Bertz CT molecular complexity index is 896. The van der Waals surface area contributed by atoms with E-state index in [4.69, 9.17) is 4.74 Å². The average molecular weight is 439 g/mol. The fourth-order valence-electron chi connectivity index (χ4n) is 3.48. The van der Waals surface area contributed by atoms with Gasteiger partial charge in [0.05, 0.1) is 6.42 Å². The van der Waals surface area contributed by atoms with E-state index in [1.165, 1.54) is 5.56 Å². The van der Waals surface area contributed by atoms with Crippen LogP contribution >= 0.6 is 0 Å². The first kappa shape index (κ1) is 23.8. The standard InChI is InChI=1S/C25H34N4O3/c1-25(2,3)32-24(31)27-22-9-5-19(6-10-22)17-23(30)26-21-11-7-20(8-12-21)18-29-15-13-28(4)14-16-29/h5-12H,13-18H2,1-4H3,(H,26,30)(H,27,31). The number of amides is 2. The summed E-state index contributed by atoms with van der Waals surface area (Å²) in [6, 6.07) is 15.2. The number of piperazine rings is 1. The van der Waals surface area contributed by atoms with Gasteiger partial charge in [-0.3, -0.25) is 15.0 Å². The Morgan fingerprint density at radius 2 is 1.38 bits per heavy atom. The van der Waals surface area contributed by atoms with E-state index in [1.807, 2.05) is 45.0 Å².